The van der Waals surface area contributed by atoms with E-state index in [4.69, 9.17) is 22.2 Å². The van der Waals surface area contributed by atoms with E-state index in [1.165, 1.54) is 4.42 Å². The second-order valence-electron chi connectivity index (χ2n) is 5.81. The highest BCUT2D eigenvalue weighted by Gasteiger charge is 2.41. The normalized spacial score (nSPS) is 19.7. The number of benzene rings is 2. The number of halogens is 1. The van der Waals surface area contributed by atoms with Crippen LogP contribution in [0.3, 0.4) is 0 Å². The maximum Gasteiger partial charge on any atom is 0.521 e. The van der Waals surface area contributed by atoms with Gasteiger partial charge >= 0.3 is 6.09 Å². The molecule has 2 aromatic carbocycles. The number of hydrogen-bond donors (Lipinski definition) is 1. The highest BCUT2D eigenvalue weighted by Crippen LogP contribution is 2.43. The molecule has 2 aromatic rings. The summed E-state index contributed by atoms with van der Waals surface area (Å²) in [5.74, 6) is 0. The zero-order valence-electron chi connectivity index (χ0n) is 13.2. The van der Waals surface area contributed by atoms with Crippen molar-refractivity contribution in [2.45, 2.75) is 13.5 Å². The topological polar surface area (TPSA) is 78.6 Å². The molecule has 1 heterocycles. The fraction of sp³-hybridized carbons (Fsp3) is 0.235. The van der Waals surface area contributed by atoms with Crippen molar-refractivity contribution in [1.82, 2.24) is 4.65 Å². The van der Waals surface area contributed by atoms with E-state index in [-0.39, 0.29) is 25.4 Å². The van der Waals surface area contributed by atoms with Crippen LogP contribution in [-0.2, 0) is 11.3 Å². The first-order chi connectivity index (χ1) is 11.4. The van der Waals surface area contributed by atoms with E-state index in [2.05, 4.69) is 0 Å². The molecule has 0 radical (unpaired) electrons. The maximum atomic E-state index is 13.2. The standard InChI is InChI=1S/C17H18ClN3O3/c1-12-9-14(19)16-15(10-12)21(23,8-7-20(16)18)17(22)24-11-13-5-3-2-4-6-13/h2-6,9-10H,7-8,11,19H2,1H3. The second kappa shape index (κ2) is 6.32. The first-order valence-electron chi connectivity index (χ1n) is 7.56. The lowest BCUT2D eigenvalue weighted by atomic mass is 10.1. The number of ether oxygens (including phenoxy) is 1. The molecule has 0 spiro atoms. The van der Waals surface area contributed by atoms with Gasteiger partial charge in [0.25, 0.3) is 0 Å². The fourth-order valence-corrected chi connectivity index (χ4v) is 3.06. The molecule has 2 N–H and O–H groups in total. The summed E-state index contributed by atoms with van der Waals surface area (Å²) in [7, 11) is 0. The van der Waals surface area contributed by atoms with Gasteiger partial charge in [-0.15, -0.1) is 0 Å². The SMILES string of the molecule is Cc1cc(N)c2c(c1)[N+]([O-])(C(=O)OCc1ccccc1)CCN2Cl. The number of nitrogen functional groups attached to an aromatic ring is 1. The van der Waals surface area contributed by atoms with Gasteiger partial charge in [-0.3, -0.25) is 4.42 Å². The molecule has 1 amide bonds. The van der Waals surface area contributed by atoms with Crippen molar-refractivity contribution in [1.29, 1.82) is 0 Å². The first kappa shape index (κ1) is 16.6. The number of rotatable bonds is 2. The van der Waals surface area contributed by atoms with Gasteiger partial charge in [-0.2, -0.15) is 4.79 Å². The molecule has 3 rings (SSSR count). The van der Waals surface area contributed by atoms with Gasteiger partial charge in [0, 0.05) is 17.8 Å². The van der Waals surface area contributed by atoms with Crippen LogP contribution in [0.25, 0.3) is 0 Å². The number of carbonyl (C=O) groups excluding carboxylic acids is 1. The largest absolute Gasteiger partial charge is 0.617 e. The Morgan fingerprint density at radius 1 is 1.38 bits per heavy atom. The minimum Gasteiger partial charge on any atom is -0.617 e. The summed E-state index contributed by atoms with van der Waals surface area (Å²) in [6.45, 7) is 2.02. The van der Waals surface area contributed by atoms with E-state index in [0.29, 0.717) is 11.4 Å². The molecule has 24 heavy (non-hydrogen) atoms. The van der Waals surface area contributed by atoms with Crippen molar-refractivity contribution in [3.8, 4) is 0 Å². The van der Waals surface area contributed by atoms with Gasteiger partial charge < -0.3 is 15.7 Å². The van der Waals surface area contributed by atoms with E-state index >= 15 is 0 Å². The van der Waals surface area contributed by atoms with Crippen molar-refractivity contribution in [3.63, 3.8) is 0 Å². The van der Waals surface area contributed by atoms with Crippen LogP contribution in [0.1, 0.15) is 11.1 Å². The average molecular weight is 348 g/mol. The third-order valence-corrected chi connectivity index (χ3v) is 4.34. The molecule has 1 unspecified atom stereocenters. The molecule has 7 heteroatoms. The van der Waals surface area contributed by atoms with Crippen molar-refractivity contribution < 1.29 is 9.53 Å². The van der Waals surface area contributed by atoms with Crippen molar-refractivity contribution in [3.05, 3.63) is 58.8 Å². The van der Waals surface area contributed by atoms with Crippen LogP contribution in [0, 0.1) is 12.1 Å². The Morgan fingerprint density at radius 2 is 2.08 bits per heavy atom. The molecule has 0 bridgehead atoms. The molecule has 0 fully saturated rings. The quantitative estimate of drug-likeness (QED) is 0.388. The molecule has 1 aliphatic rings. The molecule has 0 saturated heterocycles. The fourth-order valence-electron chi connectivity index (χ4n) is 2.80. The average Bonchev–Trinajstić information content (AvgIpc) is 2.56. The Balaban J connectivity index is 1.90. The summed E-state index contributed by atoms with van der Waals surface area (Å²) in [4.78, 5) is 12.5. The molecule has 6 nitrogen and oxygen atoms in total. The monoisotopic (exact) mass is 347 g/mol. The lowest BCUT2D eigenvalue weighted by Gasteiger charge is -2.43. The Morgan fingerprint density at radius 3 is 2.79 bits per heavy atom. The van der Waals surface area contributed by atoms with Crippen LogP contribution in [0.2, 0.25) is 0 Å². The lowest BCUT2D eigenvalue weighted by molar-refractivity contribution is 0.111. The maximum absolute atomic E-state index is 13.2. The predicted molar refractivity (Wildman–Crippen MR) is 95.4 cm³/mol. The van der Waals surface area contributed by atoms with Gasteiger partial charge in [0.15, 0.2) is 5.69 Å². The zero-order chi connectivity index (χ0) is 17.3. The molecule has 0 saturated carbocycles. The third-order valence-electron chi connectivity index (χ3n) is 4.01. The molecule has 0 aromatic heterocycles. The van der Waals surface area contributed by atoms with E-state index in [9.17, 15) is 10.0 Å². The van der Waals surface area contributed by atoms with Gasteiger partial charge in [0.1, 0.15) is 18.8 Å². The van der Waals surface area contributed by atoms with Crippen molar-refractivity contribution in [2.24, 2.45) is 0 Å². The molecule has 1 atom stereocenters. The molecule has 1 aliphatic heterocycles. The molecular formula is C17H18ClN3O3. The van der Waals surface area contributed by atoms with Crippen LogP contribution >= 0.6 is 11.8 Å². The molecule has 126 valence electrons. The number of quaternary nitrogens is 1. The predicted octanol–water partition coefficient (Wildman–Crippen LogP) is 3.69. The van der Waals surface area contributed by atoms with Crippen LogP contribution in [0.15, 0.2) is 42.5 Å². The zero-order valence-corrected chi connectivity index (χ0v) is 14.0. The van der Waals surface area contributed by atoms with Crippen LogP contribution < -0.4 is 14.8 Å². The first-order valence-corrected chi connectivity index (χ1v) is 7.90. The highest BCUT2D eigenvalue weighted by atomic mass is 35.5. The smallest absolute Gasteiger partial charge is 0.521 e. The van der Waals surface area contributed by atoms with Gasteiger partial charge in [0.2, 0.25) is 0 Å². The number of hydroxylamine groups is 2. The van der Waals surface area contributed by atoms with Crippen LogP contribution in [-0.4, -0.2) is 19.2 Å². The van der Waals surface area contributed by atoms with Crippen LogP contribution in [0.4, 0.5) is 21.9 Å². The third kappa shape index (κ3) is 2.91. The van der Waals surface area contributed by atoms with E-state index in [1.54, 1.807) is 12.1 Å². The molecular weight excluding hydrogens is 330 g/mol. The summed E-state index contributed by atoms with van der Waals surface area (Å²) in [6, 6.07) is 12.6. The summed E-state index contributed by atoms with van der Waals surface area (Å²) in [5, 5.41) is 13.2. The summed E-state index contributed by atoms with van der Waals surface area (Å²) in [5.41, 5.74) is 8.55. The Kier molecular flexibility index (Phi) is 4.36. The van der Waals surface area contributed by atoms with E-state index in [0.717, 1.165) is 11.1 Å². The summed E-state index contributed by atoms with van der Waals surface area (Å²) >= 11 is 6.16. The highest BCUT2D eigenvalue weighted by molar-refractivity contribution is 6.28. The minimum absolute atomic E-state index is 0.0347. The van der Waals surface area contributed by atoms with Gasteiger partial charge in [-0.25, -0.2) is 4.65 Å². The second-order valence-corrected chi connectivity index (χ2v) is 6.22. The van der Waals surface area contributed by atoms with E-state index in [1.807, 2.05) is 37.3 Å². The lowest BCUT2D eigenvalue weighted by Crippen LogP contribution is -2.55. The number of aryl methyl sites for hydroxylation is 1. The number of amides is 1. The Labute approximate surface area is 145 Å². The van der Waals surface area contributed by atoms with Gasteiger partial charge in [0.05, 0.1) is 12.2 Å². The number of carbonyl (C=O) groups is 1. The number of hydrogen-bond acceptors (Lipinski definition) is 5. The van der Waals surface area contributed by atoms with E-state index < -0.39 is 10.7 Å². The molecule has 0 aliphatic carbocycles. The number of anilines is 2. The number of nitrogens with zero attached hydrogens (tertiary/aromatic N) is 2. The minimum atomic E-state index is -1.22. The van der Waals surface area contributed by atoms with Crippen molar-refractivity contribution in [2.75, 3.05) is 23.2 Å². The number of fused-ring (bicyclic) bond motifs is 1. The summed E-state index contributed by atoms with van der Waals surface area (Å²) in [6.07, 6.45) is -0.866. The van der Waals surface area contributed by atoms with Gasteiger partial charge in [-0.1, -0.05) is 30.3 Å². The van der Waals surface area contributed by atoms with Crippen molar-refractivity contribution >= 4 is 34.9 Å². The Bertz CT molecular complexity index is 769. The number of nitrogens with two attached hydrogens (primary N) is 1. The summed E-state index contributed by atoms with van der Waals surface area (Å²) < 4.78 is 5.41. The van der Waals surface area contributed by atoms with Gasteiger partial charge in [-0.05, 0) is 24.1 Å². The Hall–Kier alpha value is -2.28. The van der Waals surface area contributed by atoms with Crippen LogP contribution in [0.5, 0.6) is 0 Å².